The third-order valence-electron chi connectivity index (χ3n) is 8.66. The number of carbonyl (C=O) groups is 2. The van der Waals surface area contributed by atoms with Crippen LogP contribution in [0.25, 0.3) is 11.1 Å². The summed E-state index contributed by atoms with van der Waals surface area (Å²) in [5, 5.41) is 19.7. The van der Waals surface area contributed by atoms with Crippen LogP contribution >= 0.6 is 0 Å². The zero-order valence-corrected chi connectivity index (χ0v) is 28.9. The summed E-state index contributed by atoms with van der Waals surface area (Å²) in [5.74, 6) is -0.508. The van der Waals surface area contributed by atoms with Gasteiger partial charge in [0.05, 0.1) is 13.2 Å². The van der Waals surface area contributed by atoms with E-state index in [0.717, 1.165) is 36.8 Å². The van der Waals surface area contributed by atoms with Crippen molar-refractivity contribution < 1.29 is 29.3 Å². The molecule has 47 heavy (non-hydrogen) atoms. The summed E-state index contributed by atoms with van der Waals surface area (Å²) in [6.07, 6.45) is 8.14. The number of ether oxygens (including phenoxy) is 2. The zero-order valence-electron chi connectivity index (χ0n) is 28.9. The van der Waals surface area contributed by atoms with Crippen molar-refractivity contribution in [1.82, 2.24) is 0 Å². The normalized spacial score (nSPS) is 11.3. The molecule has 0 saturated carbocycles. The van der Waals surface area contributed by atoms with Crippen LogP contribution in [-0.4, -0.2) is 35.4 Å². The topological polar surface area (TPSA) is 93.1 Å². The van der Waals surface area contributed by atoms with Gasteiger partial charge in [-0.15, -0.1) is 0 Å². The average molecular weight is 641 g/mol. The summed E-state index contributed by atoms with van der Waals surface area (Å²) in [6.45, 7) is 16.3. The van der Waals surface area contributed by atoms with Gasteiger partial charge in [-0.1, -0.05) is 89.2 Å². The third kappa shape index (κ3) is 10.8. The molecular formula is C41H52O6. The first-order valence-corrected chi connectivity index (χ1v) is 16.8. The molecule has 3 aromatic rings. The van der Waals surface area contributed by atoms with E-state index < -0.39 is 17.4 Å². The maximum absolute atomic E-state index is 12.8. The van der Waals surface area contributed by atoms with Gasteiger partial charge in [-0.05, 0) is 104 Å². The van der Waals surface area contributed by atoms with Gasteiger partial charge in [-0.2, -0.15) is 0 Å². The first-order valence-electron chi connectivity index (χ1n) is 16.8. The lowest BCUT2D eigenvalue weighted by atomic mass is 9.85. The minimum absolute atomic E-state index is 0.212. The van der Waals surface area contributed by atoms with Gasteiger partial charge in [0.1, 0.15) is 11.5 Å². The van der Waals surface area contributed by atoms with Crippen LogP contribution in [-0.2, 0) is 41.7 Å². The molecule has 0 spiro atoms. The Kier molecular flexibility index (Phi) is 14.2. The quantitative estimate of drug-likeness (QED) is 0.0629. The van der Waals surface area contributed by atoms with Gasteiger partial charge in [0.15, 0.2) is 0 Å². The van der Waals surface area contributed by atoms with Crippen LogP contribution in [0, 0.1) is 5.41 Å². The Morgan fingerprint density at radius 3 is 1.79 bits per heavy atom. The van der Waals surface area contributed by atoms with Crippen LogP contribution in [0.1, 0.15) is 88.1 Å². The number of hydrogen-bond donors (Lipinski definition) is 2. The molecular weight excluding hydrogens is 588 g/mol. The molecule has 0 heterocycles. The van der Waals surface area contributed by atoms with Crippen molar-refractivity contribution in [2.24, 2.45) is 5.41 Å². The van der Waals surface area contributed by atoms with Crippen molar-refractivity contribution in [3.05, 3.63) is 107 Å². The molecule has 0 fully saturated rings. The number of esters is 2. The van der Waals surface area contributed by atoms with Crippen LogP contribution in [0.4, 0.5) is 0 Å². The molecule has 2 N–H and O–H groups in total. The number of benzene rings is 3. The minimum atomic E-state index is -0.745. The summed E-state index contributed by atoms with van der Waals surface area (Å²) in [4.78, 5) is 25.5. The first-order chi connectivity index (χ1) is 22.4. The second-order valence-corrected chi connectivity index (χ2v) is 13.0. The highest BCUT2D eigenvalue weighted by Gasteiger charge is 2.25. The number of carbonyl (C=O) groups excluding carboxylic acids is 2. The van der Waals surface area contributed by atoms with Gasteiger partial charge in [0, 0.05) is 22.1 Å². The van der Waals surface area contributed by atoms with Crippen molar-refractivity contribution >= 4 is 11.9 Å². The van der Waals surface area contributed by atoms with E-state index >= 15 is 0 Å². The fraction of sp³-hybridized carbons (Fsp3) is 0.415. The molecule has 3 rings (SSSR count). The second kappa shape index (κ2) is 17.8. The molecule has 0 saturated heterocycles. The Labute approximate surface area is 281 Å². The van der Waals surface area contributed by atoms with E-state index in [1.165, 1.54) is 36.0 Å². The molecule has 0 aliphatic heterocycles. The summed E-state index contributed by atoms with van der Waals surface area (Å²) < 4.78 is 11.7. The molecule has 6 nitrogen and oxygen atoms in total. The van der Waals surface area contributed by atoms with Crippen molar-refractivity contribution in [2.75, 3.05) is 13.2 Å². The summed E-state index contributed by atoms with van der Waals surface area (Å²) in [6, 6.07) is 18.7. The Bertz CT molecular complexity index is 1540. The Morgan fingerprint density at radius 2 is 1.23 bits per heavy atom. The van der Waals surface area contributed by atoms with E-state index in [4.69, 9.17) is 9.47 Å². The predicted molar refractivity (Wildman–Crippen MR) is 190 cm³/mol. The standard InChI is InChI=1S/C41H52O6/c1-8-10-11-12-30-13-15-31(16-14-30)17-18-32-19-20-35(33(9-2)23-32)36-25-37(46-39(44)28(3)4)34(21-22-41(7,26-42)27-43)24-38(36)47-40(45)29(5)6/h13-16,19-20,23-25,42-43H,3,5,8-12,17-18,21-22,26-27H2,1-2,4,6-7H3. The molecule has 0 aliphatic rings. The summed E-state index contributed by atoms with van der Waals surface area (Å²) in [7, 11) is 0. The second-order valence-electron chi connectivity index (χ2n) is 13.0. The molecule has 0 amide bonds. The fourth-order valence-electron chi connectivity index (χ4n) is 5.30. The summed E-state index contributed by atoms with van der Waals surface area (Å²) in [5.41, 5.74) is 6.80. The smallest absolute Gasteiger partial charge is 0.338 e. The molecule has 0 atom stereocenters. The summed E-state index contributed by atoms with van der Waals surface area (Å²) >= 11 is 0. The highest BCUT2D eigenvalue weighted by Crippen LogP contribution is 2.40. The van der Waals surface area contributed by atoms with Gasteiger partial charge >= 0.3 is 11.9 Å². The Hall–Kier alpha value is -4.00. The van der Waals surface area contributed by atoms with Gasteiger partial charge < -0.3 is 19.7 Å². The minimum Gasteiger partial charge on any atom is -0.423 e. The fourth-order valence-corrected chi connectivity index (χ4v) is 5.30. The van der Waals surface area contributed by atoms with E-state index in [2.05, 4.69) is 63.4 Å². The number of aliphatic hydroxyl groups is 2. The average Bonchev–Trinajstić information content (AvgIpc) is 3.07. The van der Waals surface area contributed by atoms with Crippen LogP contribution in [0.5, 0.6) is 11.5 Å². The molecule has 0 bridgehead atoms. The number of rotatable bonds is 18. The lowest BCUT2D eigenvalue weighted by Crippen LogP contribution is -2.26. The SMILES string of the molecule is C=C(C)C(=O)Oc1cc(-c2ccc(CCc3ccc(CCCCC)cc3)cc2CC)c(OC(=O)C(=C)C)cc1CCC(C)(CO)CO. The maximum Gasteiger partial charge on any atom is 0.338 e. The zero-order chi connectivity index (χ0) is 34.6. The lowest BCUT2D eigenvalue weighted by molar-refractivity contribution is -0.131. The van der Waals surface area contributed by atoms with Crippen LogP contribution in [0.2, 0.25) is 0 Å². The van der Waals surface area contributed by atoms with Crippen molar-refractivity contribution in [3.8, 4) is 22.6 Å². The number of aryl methyl sites for hydroxylation is 5. The van der Waals surface area contributed by atoms with Crippen molar-refractivity contribution in [2.45, 2.75) is 92.4 Å². The lowest BCUT2D eigenvalue weighted by Gasteiger charge is -2.25. The Morgan fingerprint density at radius 1 is 0.681 bits per heavy atom. The molecule has 0 radical (unpaired) electrons. The predicted octanol–water partition coefficient (Wildman–Crippen LogP) is 8.32. The largest absolute Gasteiger partial charge is 0.423 e. The van der Waals surface area contributed by atoms with E-state index in [0.29, 0.717) is 35.5 Å². The van der Waals surface area contributed by atoms with Crippen molar-refractivity contribution in [3.63, 3.8) is 0 Å². The van der Waals surface area contributed by atoms with E-state index in [1.54, 1.807) is 32.9 Å². The van der Waals surface area contributed by atoms with E-state index in [-0.39, 0.29) is 24.4 Å². The van der Waals surface area contributed by atoms with Gasteiger partial charge in [0.2, 0.25) is 0 Å². The first kappa shape index (κ1) is 37.5. The number of unbranched alkanes of at least 4 members (excludes halogenated alkanes) is 2. The van der Waals surface area contributed by atoms with Gasteiger partial charge in [-0.3, -0.25) is 0 Å². The van der Waals surface area contributed by atoms with Crippen LogP contribution < -0.4 is 9.47 Å². The van der Waals surface area contributed by atoms with E-state index in [9.17, 15) is 19.8 Å². The molecule has 0 aromatic heterocycles. The van der Waals surface area contributed by atoms with Crippen LogP contribution in [0.15, 0.2) is 78.9 Å². The monoisotopic (exact) mass is 640 g/mol. The van der Waals surface area contributed by atoms with Gasteiger partial charge in [-0.25, -0.2) is 9.59 Å². The van der Waals surface area contributed by atoms with E-state index in [1.807, 2.05) is 6.07 Å². The molecule has 3 aromatic carbocycles. The highest BCUT2D eigenvalue weighted by molar-refractivity contribution is 5.92. The Balaban J connectivity index is 2.01. The van der Waals surface area contributed by atoms with Crippen molar-refractivity contribution in [1.29, 1.82) is 0 Å². The molecule has 0 unspecified atom stereocenters. The van der Waals surface area contributed by atoms with Crippen LogP contribution in [0.3, 0.4) is 0 Å². The van der Waals surface area contributed by atoms with Gasteiger partial charge in [0.25, 0.3) is 0 Å². The number of aliphatic hydroxyl groups excluding tert-OH is 2. The maximum atomic E-state index is 12.8. The highest BCUT2D eigenvalue weighted by atomic mass is 16.5. The third-order valence-corrected chi connectivity index (χ3v) is 8.66. The number of hydrogen-bond acceptors (Lipinski definition) is 6. The molecule has 252 valence electrons. The molecule has 0 aliphatic carbocycles. The molecule has 6 heteroatoms.